The molecule has 0 radical (unpaired) electrons. The summed E-state index contributed by atoms with van der Waals surface area (Å²) in [6.07, 6.45) is 0. The smallest absolute Gasteiger partial charge is 0.313 e. The number of carbonyl (C=O) groups excluding carboxylic acids is 1. The number of carboxylic acid groups (broad SMARTS) is 1. The molecule has 0 bridgehead atoms. The SMILES string of the molecule is CC(=O)c1ccc2c(c1)N=C(SCC(=O)O)CS2. The van der Waals surface area contributed by atoms with Gasteiger partial charge in [0.1, 0.15) is 0 Å². The van der Waals surface area contributed by atoms with Crippen molar-refractivity contribution in [3.63, 3.8) is 0 Å². The van der Waals surface area contributed by atoms with Crippen LogP contribution in [-0.4, -0.2) is 33.4 Å². The second kappa shape index (κ2) is 5.58. The number of carboxylic acids is 1. The number of carbonyl (C=O) groups is 2. The molecule has 0 aliphatic carbocycles. The summed E-state index contributed by atoms with van der Waals surface area (Å²) in [4.78, 5) is 27.2. The molecule has 0 unspecified atom stereocenters. The Labute approximate surface area is 113 Å². The van der Waals surface area contributed by atoms with Gasteiger partial charge in [0.25, 0.3) is 0 Å². The van der Waals surface area contributed by atoms with Crippen LogP contribution in [0, 0.1) is 0 Å². The molecule has 1 N–H and O–H groups in total. The summed E-state index contributed by atoms with van der Waals surface area (Å²) in [5.41, 5.74) is 1.38. The van der Waals surface area contributed by atoms with Gasteiger partial charge in [-0.05, 0) is 19.1 Å². The molecular formula is C12H11NO3S2. The van der Waals surface area contributed by atoms with Crippen LogP contribution in [0.4, 0.5) is 5.69 Å². The molecule has 1 aromatic carbocycles. The number of hydrogen-bond acceptors (Lipinski definition) is 5. The molecular weight excluding hydrogens is 270 g/mol. The molecule has 0 saturated carbocycles. The Morgan fingerprint density at radius 2 is 2.28 bits per heavy atom. The van der Waals surface area contributed by atoms with E-state index in [1.54, 1.807) is 23.9 Å². The van der Waals surface area contributed by atoms with Crippen molar-refractivity contribution in [1.29, 1.82) is 0 Å². The number of rotatable bonds is 3. The summed E-state index contributed by atoms with van der Waals surface area (Å²) in [5.74, 6) is -0.148. The van der Waals surface area contributed by atoms with Gasteiger partial charge in [-0.3, -0.25) is 9.59 Å². The monoisotopic (exact) mass is 281 g/mol. The topological polar surface area (TPSA) is 66.7 Å². The number of ketones is 1. The number of nitrogens with zero attached hydrogens (tertiary/aromatic N) is 1. The second-order valence-corrected chi connectivity index (χ2v) is 5.78. The van der Waals surface area contributed by atoms with E-state index in [9.17, 15) is 9.59 Å². The first-order valence-corrected chi connectivity index (χ1v) is 7.23. The first-order chi connectivity index (χ1) is 8.56. The van der Waals surface area contributed by atoms with Crippen molar-refractivity contribution in [2.75, 3.05) is 11.5 Å². The van der Waals surface area contributed by atoms with E-state index in [4.69, 9.17) is 5.11 Å². The standard InChI is InChI=1S/C12H11NO3S2/c1-7(14)8-2-3-10-9(4-8)13-11(5-17-10)18-6-12(15)16/h2-4H,5-6H2,1H3,(H,15,16). The zero-order valence-electron chi connectivity index (χ0n) is 9.67. The lowest BCUT2D eigenvalue weighted by atomic mass is 10.1. The Bertz CT molecular complexity index is 540. The summed E-state index contributed by atoms with van der Waals surface area (Å²) in [7, 11) is 0. The summed E-state index contributed by atoms with van der Waals surface area (Å²) in [6, 6.07) is 5.43. The van der Waals surface area contributed by atoms with Crippen molar-refractivity contribution in [2.24, 2.45) is 4.99 Å². The lowest BCUT2D eigenvalue weighted by molar-refractivity contribution is -0.133. The molecule has 1 aliphatic heterocycles. The largest absolute Gasteiger partial charge is 0.481 e. The Morgan fingerprint density at radius 3 is 2.94 bits per heavy atom. The predicted octanol–water partition coefficient (Wildman–Crippen LogP) is 2.84. The molecule has 1 aliphatic rings. The molecule has 0 saturated heterocycles. The highest BCUT2D eigenvalue weighted by molar-refractivity contribution is 8.16. The van der Waals surface area contributed by atoms with Gasteiger partial charge in [0.2, 0.25) is 0 Å². The van der Waals surface area contributed by atoms with E-state index in [1.165, 1.54) is 18.7 Å². The molecule has 4 nitrogen and oxygen atoms in total. The van der Waals surface area contributed by atoms with Gasteiger partial charge in [0, 0.05) is 16.2 Å². The van der Waals surface area contributed by atoms with Crippen molar-refractivity contribution in [1.82, 2.24) is 0 Å². The fourth-order valence-corrected chi connectivity index (χ4v) is 3.19. The molecule has 0 fully saturated rings. The van der Waals surface area contributed by atoms with Crippen LogP contribution in [0.25, 0.3) is 0 Å². The lowest BCUT2D eigenvalue weighted by Crippen LogP contribution is -2.07. The summed E-state index contributed by atoms with van der Waals surface area (Å²) in [5, 5.41) is 9.42. The molecule has 2 rings (SSSR count). The quantitative estimate of drug-likeness (QED) is 0.863. The molecule has 18 heavy (non-hydrogen) atoms. The van der Waals surface area contributed by atoms with E-state index in [0.29, 0.717) is 11.3 Å². The van der Waals surface area contributed by atoms with Gasteiger partial charge in [-0.2, -0.15) is 0 Å². The van der Waals surface area contributed by atoms with Gasteiger partial charge in [0.15, 0.2) is 5.78 Å². The third kappa shape index (κ3) is 3.14. The average molecular weight is 281 g/mol. The second-order valence-electron chi connectivity index (χ2n) is 3.72. The van der Waals surface area contributed by atoms with Gasteiger partial charge < -0.3 is 5.11 Å². The van der Waals surface area contributed by atoms with Crippen LogP contribution in [0.5, 0.6) is 0 Å². The number of Topliss-reactive ketones (excluding diaryl/α,β-unsaturated/α-hetero) is 1. The van der Waals surface area contributed by atoms with Crippen LogP contribution in [0.3, 0.4) is 0 Å². The van der Waals surface area contributed by atoms with Gasteiger partial charge in [-0.1, -0.05) is 17.8 Å². The van der Waals surface area contributed by atoms with Crippen molar-refractivity contribution >= 4 is 46.0 Å². The maximum absolute atomic E-state index is 11.3. The molecule has 1 aromatic rings. The Balaban J connectivity index is 2.23. The first-order valence-electron chi connectivity index (χ1n) is 5.26. The van der Waals surface area contributed by atoms with Crippen molar-refractivity contribution in [3.8, 4) is 0 Å². The fourth-order valence-electron chi connectivity index (χ4n) is 1.47. The number of aliphatic carboxylic acids is 1. The van der Waals surface area contributed by atoms with Crippen molar-refractivity contribution in [2.45, 2.75) is 11.8 Å². The van der Waals surface area contributed by atoms with Gasteiger partial charge >= 0.3 is 5.97 Å². The minimum Gasteiger partial charge on any atom is -0.481 e. The van der Waals surface area contributed by atoms with E-state index >= 15 is 0 Å². The van der Waals surface area contributed by atoms with Crippen LogP contribution >= 0.6 is 23.5 Å². The Hall–Kier alpha value is -1.27. The van der Waals surface area contributed by atoms with Crippen LogP contribution in [-0.2, 0) is 4.79 Å². The minimum absolute atomic E-state index is 0.00307. The molecule has 1 heterocycles. The molecule has 0 atom stereocenters. The molecule has 0 amide bonds. The Kier molecular flexibility index (Phi) is 4.08. The third-order valence-electron chi connectivity index (χ3n) is 2.32. The van der Waals surface area contributed by atoms with E-state index in [-0.39, 0.29) is 11.5 Å². The highest BCUT2D eigenvalue weighted by atomic mass is 32.2. The number of aliphatic imine (C=N–C) groups is 1. The number of benzene rings is 1. The van der Waals surface area contributed by atoms with Gasteiger partial charge in [0.05, 0.1) is 16.5 Å². The highest BCUT2D eigenvalue weighted by Crippen LogP contribution is 2.36. The van der Waals surface area contributed by atoms with Crippen LogP contribution in [0.1, 0.15) is 17.3 Å². The first kappa shape index (κ1) is 13.2. The van der Waals surface area contributed by atoms with Gasteiger partial charge in [-0.25, -0.2) is 4.99 Å². The molecule has 0 aromatic heterocycles. The third-order valence-corrected chi connectivity index (χ3v) is 4.54. The van der Waals surface area contributed by atoms with E-state index in [0.717, 1.165) is 15.6 Å². The highest BCUT2D eigenvalue weighted by Gasteiger charge is 2.15. The van der Waals surface area contributed by atoms with Crippen LogP contribution in [0.2, 0.25) is 0 Å². The zero-order valence-corrected chi connectivity index (χ0v) is 11.3. The van der Waals surface area contributed by atoms with Crippen molar-refractivity contribution < 1.29 is 14.7 Å². The van der Waals surface area contributed by atoms with Crippen LogP contribution < -0.4 is 0 Å². The summed E-state index contributed by atoms with van der Waals surface area (Å²) in [6.45, 7) is 1.52. The van der Waals surface area contributed by atoms with Gasteiger partial charge in [-0.15, -0.1) is 11.8 Å². The molecule has 6 heteroatoms. The molecule has 0 spiro atoms. The van der Waals surface area contributed by atoms with Crippen LogP contribution in [0.15, 0.2) is 28.1 Å². The maximum Gasteiger partial charge on any atom is 0.313 e. The number of hydrogen-bond donors (Lipinski definition) is 1. The fraction of sp³-hybridized carbons (Fsp3) is 0.250. The van der Waals surface area contributed by atoms with E-state index in [2.05, 4.69) is 4.99 Å². The minimum atomic E-state index is -0.851. The average Bonchev–Trinajstić information content (AvgIpc) is 2.35. The number of fused-ring (bicyclic) bond motifs is 1. The normalized spacial score (nSPS) is 13.7. The zero-order chi connectivity index (χ0) is 13.1. The lowest BCUT2D eigenvalue weighted by Gasteiger charge is -2.14. The van der Waals surface area contributed by atoms with E-state index < -0.39 is 5.97 Å². The summed E-state index contributed by atoms with van der Waals surface area (Å²) >= 11 is 2.84. The van der Waals surface area contributed by atoms with E-state index in [1.807, 2.05) is 6.07 Å². The number of thioether (sulfide) groups is 2. The Morgan fingerprint density at radius 1 is 1.50 bits per heavy atom. The maximum atomic E-state index is 11.3. The predicted molar refractivity (Wildman–Crippen MR) is 74.4 cm³/mol. The summed E-state index contributed by atoms with van der Waals surface area (Å²) < 4.78 is 0. The molecule has 94 valence electrons. The van der Waals surface area contributed by atoms with Crippen molar-refractivity contribution in [3.05, 3.63) is 23.8 Å².